The van der Waals surface area contributed by atoms with E-state index in [0.717, 1.165) is 41.1 Å². The van der Waals surface area contributed by atoms with Crippen molar-refractivity contribution in [1.82, 2.24) is 9.55 Å². The van der Waals surface area contributed by atoms with Crippen LogP contribution in [0.1, 0.15) is 29.3 Å². The first kappa shape index (κ1) is 26.7. The Balaban J connectivity index is 1.71. The van der Waals surface area contributed by atoms with E-state index in [1.807, 2.05) is 6.92 Å². The molecule has 0 spiro atoms. The molecule has 11 heteroatoms. The van der Waals surface area contributed by atoms with E-state index in [1.165, 1.54) is 41.2 Å². The minimum atomic E-state index is -4.61. The number of carbonyl (C=O) groups excluding carboxylic acids is 1. The zero-order chi connectivity index (χ0) is 26.7. The third-order valence-corrected chi connectivity index (χ3v) is 7.86. The van der Waals surface area contributed by atoms with Gasteiger partial charge in [-0.05, 0) is 55.3 Å². The number of nitrogens with one attached hydrogen (secondary N) is 1. The average Bonchev–Trinajstić information content (AvgIpc) is 3.18. The summed E-state index contributed by atoms with van der Waals surface area (Å²) in [4.78, 5) is 32.7. The number of para-hydroxylation sites is 1. The Kier molecular flexibility index (Phi) is 7.93. The second-order valence-corrected chi connectivity index (χ2v) is 10.2. The van der Waals surface area contributed by atoms with E-state index in [2.05, 4.69) is 12.2 Å². The topological polar surface area (TPSA) is 73.2 Å². The lowest BCUT2D eigenvalue weighted by Gasteiger charge is -2.14. The van der Waals surface area contributed by atoms with Crippen LogP contribution in [0.25, 0.3) is 15.9 Å². The van der Waals surface area contributed by atoms with E-state index in [1.54, 1.807) is 24.3 Å². The summed E-state index contributed by atoms with van der Waals surface area (Å²) in [5.41, 5.74) is -0.0976. The van der Waals surface area contributed by atoms with Gasteiger partial charge in [-0.2, -0.15) is 13.2 Å². The van der Waals surface area contributed by atoms with E-state index in [0.29, 0.717) is 21.7 Å². The maximum Gasteiger partial charge on any atom is 0.418 e. The fraction of sp³-hybridized carbons (Fsp3) is 0.269. The molecule has 0 aliphatic rings. The van der Waals surface area contributed by atoms with Gasteiger partial charge >= 0.3 is 6.18 Å². The van der Waals surface area contributed by atoms with Gasteiger partial charge < -0.3 is 10.1 Å². The van der Waals surface area contributed by atoms with Crippen molar-refractivity contribution < 1.29 is 22.7 Å². The molecule has 0 fully saturated rings. The molecule has 6 nitrogen and oxygen atoms in total. The first-order valence-electron chi connectivity index (χ1n) is 11.4. The molecule has 1 amide bonds. The van der Waals surface area contributed by atoms with Crippen LogP contribution < -0.4 is 15.6 Å². The Hall–Kier alpha value is -3.31. The van der Waals surface area contributed by atoms with Gasteiger partial charge in [0.05, 0.1) is 35.2 Å². The van der Waals surface area contributed by atoms with Gasteiger partial charge in [0.1, 0.15) is 10.6 Å². The van der Waals surface area contributed by atoms with Gasteiger partial charge in [0.25, 0.3) is 5.56 Å². The number of aromatic nitrogens is 2. The van der Waals surface area contributed by atoms with Crippen molar-refractivity contribution in [2.45, 2.75) is 38.0 Å². The van der Waals surface area contributed by atoms with Crippen molar-refractivity contribution >= 4 is 44.9 Å². The van der Waals surface area contributed by atoms with Gasteiger partial charge in [-0.25, -0.2) is 4.98 Å². The molecular formula is C26H24F3N3O3S2. The molecule has 2 aromatic carbocycles. The number of amides is 1. The van der Waals surface area contributed by atoms with E-state index >= 15 is 0 Å². The number of methoxy groups -OCH3 is 1. The lowest BCUT2D eigenvalue weighted by atomic mass is 10.1. The van der Waals surface area contributed by atoms with Gasteiger partial charge in [-0.1, -0.05) is 37.2 Å². The Labute approximate surface area is 219 Å². The Morgan fingerprint density at radius 3 is 2.51 bits per heavy atom. The Morgan fingerprint density at radius 2 is 1.86 bits per heavy atom. The summed E-state index contributed by atoms with van der Waals surface area (Å²) < 4.78 is 46.6. The number of carbonyl (C=O) groups is 1. The molecule has 194 valence electrons. The van der Waals surface area contributed by atoms with Crippen LogP contribution in [0.5, 0.6) is 5.75 Å². The summed E-state index contributed by atoms with van der Waals surface area (Å²) in [5.74, 6) is -0.280. The number of hydrogen-bond donors (Lipinski definition) is 1. The van der Waals surface area contributed by atoms with Crippen molar-refractivity contribution in [2.24, 2.45) is 0 Å². The van der Waals surface area contributed by atoms with Crippen LogP contribution in [0.3, 0.4) is 0 Å². The molecule has 2 aromatic heterocycles. The van der Waals surface area contributed by atoms with Gasteiger partial charge in [0.15, 0.2) is 5.16 Å². The molecule has 0 saturated heterocycles. The highest BCUT2D eigenvalue weighted by atomic mass is 32.2. The van der Waals surface area contributed by atoms with Crippen LogP contribution in [0.2, 0.25) is 0 Å². The fourth-order valence-corrected chi connectivity index (χ4v) is 6.02. The number of ether oxygens (including phenoxy) is 1. The number of anilines is 1. The van der Waals surface area contributed by atoms with Gasteiger partial charge in [0, 0.05) is 4.88 Å². The molecule has 0 saturated carbocycles. The highest BCUT2D eigenvalue weighted by Gasteiger charge is 2.33. The first-order chi connectivity index (χ1) is 17.6. The number of fused-ring (bicyclic) bond motifs is 1. The van der Waals surface area contributed by atoms with E-state index in [4.69, 9.17) is 9.72 Å². The molecule has 0 unspecified atom stereocenters. The number of aryl methyl sites for hydroxylation is 2. The monoisotopic (exact) mass is 547 g/mol. The minimum Gasteiger partial charge on any atom is -0.497 e. The number of rotatable bonds is 8. The molecular weight excluding hydrogens is 523 g/mol. The third kappa shape index (κ3) is 5.67. The maximum absolute atomic E-state index is 13.7. The average molecular weight is 548 g/mol. The molecule has 37 heavy (non-hydrogen) atoms. The number of nitrogens with zero attached hydrogens (tertiary/aromatic N) is 2. The molecule has 0 bridgehead atoms. The number of benzene rings is 2. The summed E-state index contributed by atoms with van der Waals surface area (Å²) in [5, 5.41) is 3.13. The zero-order valence-electron chi connectivity index (χ0n) is 20.3. The van der Waals surface area contributed by atoms with Crippen LogP contribution in [-0.4, -0.2) is 28.3 Å². The minimum absolute atomic E-state index is 0.244. The summed E-state index contributed by atoms with van der Waals surface area (Å²) >= 11 is 2.43. The van der Waals surface area contributed by atoms with E-state index in [9.17, 15) is 22.8 Å². The molecule has 4 rings (SSSR count). The second-order valence-electron chi connectivity index (χ2n) is 8.19. The van der Waals surface area contributed by atoms with Crippen molar-refractivity contribution in [3.63, 3.8) is 0 Å². The van der Waals surface area contributed by atoms with Crippen LogP contribution >= 0.6 is 23.1 Å². The van der Waals surface area contributed by atoms with Crippen LogP contribution in [-0.2, 0) is 17.4 Å². The van der Waals surface area contributed by atoms with Gasteiger partial charge in [-0.3, -0.25) is 14.2 Å². The smallest absolute Gasteiger partial charge is 0.418 e. The molecule has 1 N–H and O–H groups in total. The summed E-state index contributed by atoms with van der Waals surface area (Å²) in [7, 11) is 1.54. The number of thioether (sulfide) groups is 1. The highest BCUT2D eigenvalue weighted by molar-refractivity contribution is 7.99. The quantitative estimate of drug-likeness (QED) is 0.202. The largest absolute Gasteiger partial charge is 0.497 e. The summed E-state index contributed by atoms with van der Waals surface area (Å²) in [6.07, 6.45) is -2.87. The molecule has 4 aromatic rings. The van der Waals surface area contributed by atoms with Crippen molar-refractivity contribution in [3.05, 3.63) is 74.9 Å². The van der Waals surface area contributed by atoms with Crippen LogP contribution in [0.15, 0.2) is 58.5 Å². The van der Waals surface area contributed by atoms with Crippen LogP contribution in [0, 0.1) is 6.92 Å². The lowest BCUT2D eigenvalue weighted by Crippen LogP contribution is -2.23. The van der Waals surface area contributed by atoms with Crippen LogP contribution in [0.4, 0.5) is 18.9 Å². The SMILES string of the molecule is CCCc1sc2nc(SCC(=O)Nc3ccccc3C(F)(F)F)n(-c3ccc(OC)cc3)c(=O)c2c1C. The summed E-state index contributed by atoms with van der Waals surface area (Å²) in [6, 6.07) is 11.6. The first-order valence-corrected chi connectivity index (χ1v) is 13.2. The Morgan fingerprint density at radius 1 is 1.16 bits per heavy atom. The Bertz CT molecular complexity index is 1500. The van der Waals surface area contributed by atoms with Gasteiger partial charge in [-0.15, -0.1) is 11.3 Å². The van der Waals surface area contributed by atoms with Crippen molar-refractivity contribution in [2.75, 3.05) is 18.2 Å². The second kappa shape index (κ2) is 11.0. The lowest BCUT2D eigenvalue weighted by molar-refractivity contribution is -0.137. The zero-order valence-corrected chi connectivity index (χ0v) is 21.9. The van der Waals surface area contributed by atoms with Crippen molar-refractivity contribution in [1.29, 1.82) is 0 Å². The molecule has 0 aliphatic carbocycles. The van der Waals surface area contributed by atoms with E-state index in [-0.39, 0.29) is 22.2 Å². The maximum atomic E-state index is 13.7. The number of hydrogen-bond acceptors (Lipinski definition) is 6. The normalized spacial score (nSPS) is 11.6. The highest BCUT2D eigenvalue weighted by Crippen LogP contribution is 2.35. The number of thiophene rings is 1. The third-order valence-electron chi connectivity index (χ3n) is 5.68. The predicted molar refractivity (Wildman–Crippen MR) is 141 cm³/mol. The standard InChI is InChI=1S/C26H24F3N3O3S2/c1-4-7-20-15(2)22-23(37-20)31-25(32(24(22)34)16-10-12-17(35-3)13-11-16)36-14-21(33)30-19-9-6-5-8-18(19)26(27,28)29/h5-6,8-13H,4,7,14H2,1-3H3,(H,30,33). The number of halogens is 3. The van der Waals surface area contributed by atoms with E-state index < -0.39 is 17.6 Å². The fourth-order valence-electron chi connectivity index (χ4n) is 3.89. The molecule has 0 aliphatic heterocycles. The molecule has 0 atom stereocenters. The predicted octanol–water partition coefficient (Wildman–Crippen LogP) is 6.47. The van der Waals surface area contributed by atoms with Gasteiger partial charge in [0.2, 0.25) is 5.91 Å². The van der Waals surface area contributed by atoms with Crippen molar-refractivity contribution in [3.8, 4) is 11.4 Å². The molecule has 2 heterocycles. The number of alkyl halides is 3. The summed E-state index contributed by atoms with van der Waals surface area (Å²) in [6.45, 7) is 3.97. The molecule has 0 radical (unpaired) electrons.